The van der Waals surface area contributed by atoms with E-state index in [0.29, 0.717) is 37.4 Å². The quantitative estimate of drug-likeness (QED) is 0.644. The third kappa shape index (κ3) is 3.86. The van der Waals surface area contributed by atoms with Crippen molar-refractivity contribution in [2.45, 2.75) is 18.2 Å². The molecule has 8 heteroatoms. The molecule has 0 bridgehead atoms. The molecule has 1 aliphatic rings. The molecule has 4 rings (SSSR count). The van der Waals surface area contributed by atoms with Crippen LogP contribution in [-0.4, -0.2) is 43.9 Å². The molecule has 1 saturated heterocycles. The van der Waals surface area contributed by atoms with Crippen molar-refractivity contribution in [3.63, 3.8) is 0 Å². The van der Waals surface area contributed by atoms with Gasteiger partial charge in [0.25, 0.3) is 0 Å². The van der Waals surface area contributed by atoms with E-state index in [2.05, 4.69) is 6.07 Å². The highest BCUT2D eigenvalue weighted by molar-refractivity contribution is 7.89. The summed E-state index contributed by atoms with van der Waals surface area (Å²) in [6.45, 7) is 3.61. The topological polar surface area (TPSA) is 77.3 Å². The highest BCUT2D eigenvalue weighted by Gasteiger charge is 2.28. The molecule has 0 unspecified atom stereocenters. The van der Waals surface area contributed by atoms with Crippen LogP contribution >= 0.6 is 0 Å². The van der Waals surface area contributed by atoms with Gasteiger partial charge >= 0.3 is 0 Å². The van der Waals surface area contributed by atoms with Gasteiger partial charge in [-0.1, -0.05) is 12.1 Å². The first kappa shape index (κ1) is 20.3. The van der Waals surface area contributed by atoms with Gasteiger partial charge in [0, 0.05) is 31.6 Å². The van der Waals surface area contributed by atoms with E-state index < -0.39 is 15.8 Å². The number of benzene rings is 2. The Kier molecular flexibility index (Phi) is 5.41. The van der Waals surface area contributed by atoms with Gasteiger partial charge in [-0.05, 0) is 55.3 Å². The second-order valence-corrected chi connectivity index (χ2v) is 9.30. The lowest BCUT2D eigenvalue weighted by Gasteiger charge is -2.24. The zero-order chi connectivity index (χ0) is 21.3. The molecule has 0 aliphatic carbocycles. The van der Waals surface area contributed by atoms with Crippen molar-refractivity contribution in [3.8, 4) is 6.07 Å². The SMILES string of the molecule is Cc1ccc2cc(C#N)c(N3CCCN(S(=O)(=O)c4ccc(F)cc4)CC3)nc2c1. The number of anilines is 1. The van der Waals surface area contributed by atoms with E-state index >= 15 is 0 Å². The van der Waals surface area contributed by atoms with Crippen LogP contribution in [0.3, 0.4) is 0 Å². The Morgan fingerprint density at radius 1 is 1.03 bits per heavy atom. The monoisotopic (exact) mass is 424 g/mol. The van der Waals surface area contributed by atoms with Crippen LogP contribution in [0.2, 0.25) is 0 Å². The fourth-order valence-electron chi connectivity index (χ4n) is 3.69. The van der Waals surface area contributed by atoms with E-state index in [4.69, 9.17) is 4.98 Å². The van der Waals surface area contributed by atoms with Crippen molar-refractivity contribution in [2.24, 2.45) is 0 Å². The molecule has 0 amide bonds. The fourth-order valence-corrected chi connectivity index (χ4v) is 5.16. The van der Waals surface area contributed by atoms with Gasteiger partial charge in [-0.25, -0.2) is 17.8 Å². The maximum Gasteiger partial charge on any atom is 0.243 e. The highest BCUT2D eigenvalue weighted by Crippen LogP contribution is 2.26. The van der Waals surface area contributed by atoms with Crippen molar-refractivity contribution in [1.29, 1.82) is 5.26 Å². The van der Waals surface area contributed by atoms with Gasteiger partial charge in [-0.3, -0.25) is 0 Å². The standard InChI is InChI=1S/C22H21FN4O2S/c1-16-3-4-17-14-18(15-24)22(25-21(17)13-16)26-9-2-10-27(12-11-26)30(28,29)20-7-5-19(23)6-8-20/h3-8,13-14H,2,9-12H2,1H3. The van der Waals surface area contributed by atoms with Crippen LogP contribution in [0.1, 0.15) is 17.5 Å². The lowest BCUT2D eigenvalue weighted by Crippen LogP contribution is -2.35. The molecule has 0 saturated carbocycles. The minimum absolute atomic E-state index is 0.0781. The fraction of sp³-hybridized carbons (Fsp3) is 0.273. The van der Waals surface area contributed by atoms with E-state index in [1.165, 1.54) is 16.4 Å². The predicted octanol–water partition coefficient (Wildman–Crippen LogP) is 3.46. The molecule has 0 atom stereocenters. The number of pyridine rings is 1. The number of rotatable bonds is 3. The molecule has 30 heavy (non-hydrogen) atoms. The van der Waals surface area contributed by atoms with E-state index in [-0.39, 0.29) is 11.4 Å². The van der Waals surface area contributed by atoms with Crippen LogP contribution in [0.5, 0.6) is 0 Å². The number of hydrogen-bond acceptors (Lipinski definition) is 5. The molecular formula is C22H21FN4O2S. The minimum atomic E-state index is -3.71. The molecule has 2 aromatic carbocycles. The molecule has 2 heterocycles. The largest absolute Gasteiger partial charge is 0.354 e. The Morgan fingerprint density at radius 3 is 2.53 bits per heavy atom. The lowest BCUT2D eigenvalue weighted by atomic mass is 10.1. The van der Waals surface area contributed by atoms with Gasteiger partial charge in [0.2, 0.25) is 10.0 Å². The molecule has 154 valence electrons. The van der Waals surface area contributed by atoms with Crippen LogP contribution in [0.15, 0.2) is 53.4 Å². The Labute approximate surface area is 175 Å². The zero-order valence-electron chi connectivity index (χ0n) is 16.5. The Bertz CT molecular complexity index is 1240. The maximum absolute atomic E-state index is 13.2. The lowest BCUT2D eigenvalue weighted by molar-refractivity contribution is 0.433. The van der Waals surface area contributed by atoms with Crippen molar-refractivity contribution in [2.75, 3.05) is 31.1 Å². The summed E-state index contributed by atoms with van der Waals surface area (Å²) in [7, 11) is -3.71. The molecule has 6 nitrogen and oxygen atoms in total. The molecule has 1 aliphatic heterocycles. The number of sulfonamides is 1. The molecule has 1 aromatic heterocycles. The zero-order valence-corrected chi connectivity index (χ0v) is 17.4. The number of fused-ring (bicyclic) bond motifs is 1. The van der Waals surface area contributed by atoms with Gasteiger partial charge in [-0.15, -0.1) is 0 Å². The smallest absolute Gasteiger partial charge is 0.243 e. The van der Waals surface area contributed by atoms with E-state index in [0.717, 1.165) is 28.6 Å². The molecule has 1 fully saturated rings. The van der Waals surface area contributed by atoms with Crippen LogP contribution < -0.4 is 4.90 Å². The first-order valence-corrected chi connectivity index (χ1v) is 11.1. The van der Waals surface area contributed by atoms with Crippen molar-refractivity contribution in [1.82, 2.24) is 9.29 Å². The molecular weight excluding hydrogens is 403 g/mol. The Morgan fingerprint density at radius 2 is 1.80 bits per heavy atom. The van der Waals surface area contributed by atoms with E-state index in [9.17, 15) is 18.1 Å². The molecule has 0 N–H and O–H groups in total. The molecule has 0 radical (unpaired) electrons. The third-order valence-corrected chi connectivity index (χ3v) is 7.19. The van der Waals surface area contributed by atoms with Gasteiger partial charge < -0.3 is 4.90 Å². The predicted molar refractivity (Wildman–Crippen MR) is 113 cm³/mol. The maximum atomic E-state index is 13.2. The number of hydrogen-bond donors (Lipinski definition) is 0. The summed E-state index contributed by atoms with van der Waals surface area (Å²) in [6, 6.07) is 14.8. The van der Waals surface area contributed by atoms with Crippen molar-refractivity contribution in [3.05, 3.63) is 65.5 Å². The van der Waals surface area contributed by atoms with Crippen LogP contribution in [0.25, 0.3) is 10.9 Å². The third-order valence-electron chi connectivity index (χ3n) is 5.28. The summed E-state index contributed by atoms with van der Waals surface area (Å²) in [4.78, 5) is 6.77. The average Bonchev–Trinajstić information content (AvgIpc) is 3.00. The van der Waals surface area contributed by atoms with Crippen molar-refractivity contribution < 1.29 is 12.8 Å². The number of aryl methyl sites for hydroxylation is 1. The van der Waals surface area contributed by atoms with Crippen LogP contribution in [0.4, 0.5) is 10.2 Å². The van der Waals surface area contributed by atoms with Crippen LogP contribution in [-0.2, 0) is 10.0 Å². The van der Waals surface area contributed by atoms with E-state index in [1.54, 1.807) is 0 Å². The first-order chi connectivity index (χ1) is 14.4. The summed E-state index contributed by atoms with van der Waals surface area (Å²) in [5, 5.41) is 10.5. The van der Waals surface area contributed by atoms with Gasteiger partial charge in [0.05, 0.1) is 16.0 Å². The van der Waals surface area contributed by atoms with Crippen LogP contribution in [0, 0.1) is 24.1 Å². The van der Waals surface area contributed by atoms with Crippen molar-refractivity contribution >= 4 is 26.7 Å². The second-order valence-electron chi connectivity index (χ2n) is 7.37. The summed E-state index contributed by atoms with van der Waals surface area (Å²) in [6.07, 6.45) is 0.596. The molecule has 3 aromatic rings. The second kappa shape index (κ2) is 8.01. The van der Waals surface area contributed by atoms with Gasteiger partial charge in [-0.2, -0.15) is 9.57 Å². The van der Waals surface area contributed by atoms with Gasteiger partial charge in [0.1, 0.15) is 17.7 Å². The van der Waals surface area contributed by atoms with Gasteiger partial charge in [0.15, 0.2) is 0 Å². The number of nitriles is 1. The summed E-state index contributed by atoms with van der Waals surface area (Å²) < 4.78 is 40.5. The first-order valence-electron chi connectivity index (χ1n) is 9.71. The normalized spacial score (nSPS) is 15.7. The number of halogens is 1. The number of aromatic nitrogens is 1. The summed E-state index contributed by atoms with van der Waals surface area (Å²) in [5.74, 6) is 0.106. The molecule has 0 spiro atoms. The average molecular weight is 425 g/mol. The Balaban J connectivity index is 1.61. The minimum Gasteiger partial charge on any atom is -0.354 e. The number of nitrogens with zero attached hydrogens (tertiary/aromatic N) is 4. The summed E-state index contributed by atoms with van der Waals surface area (Å²) >= 11 is 0. The Hall–Kier alpha value is -3.02. The highest BCUT2D eigenvalue weighted by atomic mass is 32.2. The summed E-state index contributed by atoms with van der Waals surface area (Å²) in [5.41, 5.74) is 2.36. The van der Waals surface area contributed by atoms with E-state index in [1.807, 2.05) is 36.1 Å².